The lowest BCUT2D eigenvalue weighted by Crippen LogP contribution is -2.19. The number of hydrogen-bond acceptors (Lipinski definition) is 3. The van der Waals surface area contributed by atoms with Crippen molar-refractivity contribution in [2.45, 2.75) is 20.3 Å². The van der Waals surface area contributed by atoms with E-state index in [0.29, 0.717) is 5.69 Å². The van der Waals surface area contributed by atoms with E-state index in [1.165, 1.54) is 12.1 Å². The fraction of sp³-hybridized carbons (Fsp3) is 0.364. The van der Waals surface area contributed by atoms with Gasteiger partial charge in [-0.2, -0.15) is 0 Å². The third-order valence-corrected chi connectivity index (χ3v) is 2.38. The highest BCUT2D eigenvalue weighted by molar-refractivity contribution is 5.92. The van der Waals surface area contributed by atoms with Gasteiger partial charge in [0.2, 0.25) is 5.91 Å². The lowest BCUT2D eigenvalue weighted by Gasteiger charge is -2.09. The normalized spacial score (nSPS) is 11.9. The van der Waals surface area contributed by atoms with E-state index in [9.17, 15) is 14.9 Å². The van der Waals surface area contributed by atoms with E-state index in [4.69, 9.17) is 0 Å². The van der Waals surface area contributed by atoms with Crippen LogP contribution in [-0.4, -0.2) is 10.8 Å². The van der Waals surface area contributed by atoms with Crippen LogP contribution >= 0.6 is 0 Å². The minimum Gasteiger partial charge on any atom is -0.326 e. The quantitative estimate of drug-likeness (QED) is 0.628. The first-order chi connectivity index (χ1) is 7.54. The molecule has 5 nitrogen and oxygen atoms in total. The van der Waals surface area contributed by atoms with Crippen molar-refractivity contribution >= 4 is 17.3 Å². The molecule has 0 bridgehead atoms. The minimum atomic E-state index is -0.487. The Hall–Kier alpha value is -1.91. The molecule has 1 amide bonds. The van der Waals surface area contributed by atoms with Gasteiger partial charge in [-0.1, -0.05) is 19.9 Å². The zero-order valence-electron chi connectivity index (χ0n) is 9.27. The molecule has 0 unspecified atom stereocenters. The fourth-order valence-corrected chi connectivity index (χ4v) is 1.15. The zero-order chi connectivity index (χ0) is 12.1. The van der Waals surface area contributed by atoms with Crippen LogP contribution in [0.2, 0.25) is 0 Å². The summed E-state index contributed by atoms with van der Waals surface area (Å²) < 4.78 is 0. The molecule has 0 spiro atoms. The maximum absolute atomic E-state index is 11.5. The first kappa shape index (κ1) is 12.2. The third-order valence-electron chi connectivity index (χ3n) is 2.38. The van der Waals surface area contributed by atoms with E-state index in [-0.39, 0.29) is 17.5 Å². The van der Waals surface area contributed by atoms with Crippen molar-refractivity contribution in [3.63, 3.8) is 0 Å². The Labute approximate surface area is 93.6 Å². The molecule has 0 aliphatic heterocycles. The van der Waals surface area contributed by atoms with Crippen molar-refractivity contribution in [1.29, 1.82) is 0 Å². The molecule has 1 atom stereocenters. The maximum atomic E-state index is 11.5. The fourth-order valence-electron chi connectivity index (χ4n) is 1.15. The number of nitro groups is 1. The summed E-state index contributed by atoms with van der Waals surface area (Å²) in [5, 5.41) is 13.2. The predicted molar refractivity (Wildman–Crippen MR) is 61.2 cm³/mol. The molecule has 0 radical (unpaired) electrons. The molecule has 5 heteroatoms. The Morgan fingerprint density at radius 2 is 2.25 bits per heavy atom. The molecule has 0 aliphatic rings. The molecule has 0 heterocycles. The molecule has 0 aromatic heterocycles. The molecule has 1 aromatic carbocycles. The summed E-state index contributed by atoms with van der Waals surface area (Å²) in [6.45, 7) is 3.73. The van der Waals surface area contributed by atoms with Crippen LogP contribution in [-0.2, 0) is 4.79 Å². The molecular weight excluding hydrogens is 208 g/mol. The standard InChI is InChI=1S/C11H14N2O3/c1-3-8(2)11(14)12-9-5-4-6-10(7-9)13(15)16/h4-8H,3H2,1-2H3,(H,12,14)/t8-/m1/s1. The smallest absolute Gasteiger partial charge is 0.271 e. The molecule has 0 aliphatic carbocycles. The van der Waals surface area contributed by atoms with Gasteiger partial charge in [0.15, 0.2) is 0 Å². The molecular formula is C11H14N2O3. The SMILES string of the molecule is CC[C@@H](C)C(=O)Nc1cccc([N+](=O)[O-])c1. The second-order valence-corrected chi connectivity index (χ2v) is 3.61. The summed E-state index contributed by atoms with van der Waals surface area (Å²) >= 11 is 0. The van der Waals surface area contributed by atoms with Gasteiger partial charge in [0.25, 0.3) is 5.69 Å². The van der Waals surface area contributed by atoms with E-state index >= 15 is 0 Å². The number of nitrogens with zero attached hydrogens (tertiary/aromatic N) is 1. The molecule has 86 valence electrons. The van der Waals surface area contributed by atoms with Crippen LogP contribution in [0.5, 0.6) is 0 Å². The van der Waals surface area contributed by atoms with E-state index in [2.05, 4.69) is 5.32 Å². The van der Waals surface area contributed by atoms with Crippen LogP contribution < -0.4 is 5.32 Å². The molecule has 0 fully saturated rings. The topological polar surface area (TPSA) is 72.2 Å². The summed E-state index contributed by atoms with van der Waals surface area (Å²) in [6.07, 6.45) is 0.737. The zero-order valence-corrected chi connectivity index (χ0v) is 9.27. The highest BCUT2D eigenvalue weighted by Gasteiger charge is 2.12. The number of hydrogen-bond donors (Lipinski definition) is 1. The van der Waals surface area contributed by atoms with Crippen LogP contribution in [0.15, 0.2) is 24.3 Å². The summed E-state index contributed by atoms with van der Waals surface area (Å²) in [5.41, 5.74) is 0.432. The number of nitro benzene ring substituents is 1. The number of rotatable bonds is 4. The van der Waals surface area contributed by atoms with Crippen LogP contribution in [0.3, 0.4) is 0 Å². The number of non-ortho nitro benzene ring substituents is 1. The largest absolute Gasteiger partial charge is 0.326 e. The van der Waals surface area contributed by atoms with Crippen LogP contribution in [0, 0.1) is 16.0 Å². The van der Waals surface area contributed by atoms with Crippen molar-refractivity contribution in [2.75, 3.05) is 5.32 Å². The number of benzene rings is 1. The van der Waals surface area contributed by atoms with Crippen molar-refractivity contribution in [1.82, 2.24) is 0 Å². The van der Waals surface area contributed by atoms with Gasteiger partial charge in [0, 0.05) is 23.7 Å². The van der Waals surface area contributed by atoms with Gasteiger partial charge in [-0.05, 0) is 12.5 Å². The van der Waals surface area contributed by atoms with Gasteiger partial charge in [0.05, 0.1) is 4.92 Å². The summed E-state index contributed by atoms with van der Waals surface area (Å²) in [7, 11) is 0. The monoisotopic (exact) mass is 222 g/mol. The first-order valence-corrected chi connectivity index (χ1v) is 5.10. The Morgan fingerprint density at radius 3 is 2.81 bits per heavy atom. The number of carbonyl (C=O) groups is 1. The highest BCUT2D eigenvalue weighted by atomic mass is 16.6. The van der Waals surface area contributed by atoms with Gasteiger partial charge >= 0.3 is 0 Å². The van der Waals surface area contributed by atoms with E-state index in [0.717, 1.165) is 6.42 Å². The Morgan fingerprint density at radius 1 is 1.56 bits per heavy atom. The van der Waals surface area contributed by atoms with Crippen LogP contribution in [0.25, 0.3) is 0 Å². The van der Waals surface area contributed by atoms with Gasteiger partial charge in [-0.3, -0.25) is 14.9 Å². The number of amides is 1. The second kappa shape index (κ2) is 5.25. The Balaban J connectivity index is 2.78. The molecule has 1 aromatic rings. The van der Waals surface area contributed by atoms with E-state index < -0.39 is 4.92 Å². The number of carbonyl (C=O) groups excluding carboxylic acids is 1. The predicted octanol–water partition coefficient (Wildman–Crippen LogP) is 2.58. The summed E-state index contributed by atoms with van der Waals surface area (Å²) in [5.74, 6) is -0.220. The Bertz CT molecular complexity index is 404. The number of anilines is 1. The van der Waals surface area contributed by atoms with E-state index in [1.807, 2.05) is 13.8 Å². The van der Waals surface area contributed by atoms with Crippen LogP contribution in [0.1, 0.15) is 20.3 Å². The molecule has 0 saturated carbocycles. The average Bonchev–Trinajstić information content (AvgIpc) is 2.28. The lowest BCUT2D eigenvalue weighted by atomic mass is 10.1. The number of nitrogens with one attached hydrogen (secondary N) is 1. The van der Waals surface area contributed by atoms with Crippen molar-refractivity contribution in [3.05, 3.63) is 34.4 Å². The summed E-state index contributed by atoms with van der Waals surface area (Å²) in [6, 6.07) is 5.91. The second-order valence-electron chi connectivity index (χ2n) is 3.61. The van der Waals surface area contributed by atoms with E-state index in [1.54, 1.807) is 12.1 Å². The molecule has 1 rings (SSSR count). The van der Waals surface area contributed by atoms with Gasteiger partial charge in [0.1, 0.15) is 0 Å². The molecule has 0 saturated heterocycles. The third kappa shape index (κ3) is 3.05. The van der Waals surface area contributed by atoms with Gasteiger partial charge < -0.3 is 5.32 Å². The van der Waals surface area contributed by atoms with Gasteiger partial charge in [-0.25, -0.2) is 0 Å². The highest BCUT2D eigenvalue weighted by Crippen LogP contribution is 2.17. The first-order valence-electron chi connectivity index (χ1n) is 5.10. The molecule has 16 heavy (non-hydrogen) atoms. The van der Waals surface area contributed by atoms with Gasteiger partial charge in [-0.15, -0.1) is 0 Å². The summed E-state index contributed by atoms with van der Waals surface area (Å²) in [4.78, 5) is 21.6. The van der Waals surface area contributed by atoms with Crippen LogP contribution in [0.4, 0.5) is 11.4 Å². The lowest BCUT2D eigenvalue weighted by molar-refractivity contribution is -0.384. The Kier molecular flexibility index (Phi) is 3.99. The maximum Gasteiger partial charge on any atom is 0.271 e. The molecule has 1 N–H and O–H groups in total. The van der Waals surface area contributed by atoms with Crippen molar-refractivity contribution in [3.8, 4) is 0 Å². The van der Waals surface area contributed by atoms with Crippen molar-refractivity contribution in [2.24, 2.45) is 5.92 Å². The van der Waals surface area contributed by atoms with Crippen molar-refractivity contribution < 1.29 is 9.72 Å². The average molecular weight is 222 g/mol. The minimum absolute atomic E-state index is 0.0260.